The minimum Gasteiger partial charge on any atom is -0.368 e. The third-order valence-electron chi connectivity index (χ3n) is 1.68. The Balaban J connectivity index is 3.14. The molecule has 1 atom stereocenters. The molecule has 0 heterocycles. The van der Waals surface area contributed by atoms with E-state index in [1.54, 1.807) is 30.3 Å². The fraction of sp³-hybridized carbons (Fsp3) is 0.100. The van der Waals surface area contributed by atoms with Crippen LogP contribution < -0.4 is 0 Å². The summed E-state index contributed by atoms with van der Waals surface area (Å²) in [6, 6.07) is 10.5. The van der Waals surface area contributed by atoms with Crippen molar-refractivity contribution in [2.75, 3.05) is 0 Å². The molecule has 0 saturated heterocycles. The van der Waals surface area contributed by atoms with Crippen molar-refractivity contribution in [2.24, 2.45) is 0 Å². The molecule has 0 spiro atoms. The number of aliphatic hydroxyl groups is 1. The maximum absolute atomic E-state index is 9.62. The Morgan fingerprint density at radius 2 is 2.00 bits per heavy atom. The highest BCUT2D eigenvalue weighted by atomic mass is 16.3. The predicted molar refractivity (Wildman–Crippen MR) is 46.1 cm³/mol. The molecule has 0 saturated carbocycles. The van der Waals surface area contributed by atoms with E-state index in [-0.39, 0.29) is 0 Å². The lowest BCUT2D eigenvalue weighted by molar-refractivity contribution is 0.152. The lowest BCUT2D eigenvalue weighted by atomic mass is 9.96. The molecular weight excluding hydrogens is 150 g/mol. The number of nitriles is 1. The molecule has 12 heavy (non-hydrogen) atoms. The van der Waals surface area contributed by atoms with Crippen LogP contribution in [0.25, 0.3) is 0 Å². The quantitative estimate of drug-likeness (QED) is 0.526. The van der Waals surface area contributed by atoms with Crippen molar-refractivity contribution < 1.29 is 5.11 Å². The van der Waals surface area contributed by atoms with Gasteiger partial charge in [0, 0.05) is 5.56 Å². The van der Waals surface area contributed by atoms with Crippen LogP contribution in [-0.2, 0) is 5.60 Å². The van der Waals surface area contributed by atoms with Crippen molar-refractivity contribution in [2.45, 2.75) is 5.60 Å². The minimum absolute atomic E-state index is 0.544. The summed E-state index contributed by atoms with van der Waals surface area (Å²) in [7, 11) is 0. The average Bonchev–Trinajstić information content (AvgIpc) is 2.18. The molecule has 0 bridgehead atoms. The van der Waals surface area contributed by atoms with Gasteiger partial charge in [0.05, 0.1) is 0 Å². The van der Waals surface area contributed by atoms with Gasteiger partial charge in [-0.15, -0.1) is 0 Å². The summed E-state index contributed by atoms with van der Waals surface area (Å²) in [6.07, 6.45) is 1.22. The molecule has 0 fully saturated rings. The zero-order chi connectivity index (χ0) is 9.03. The van der Waals surface area contributed by atoms with Gasteiger partial charge in [0.1, 0.15) is 6.07 Å². The highest BCUT2D eigenvalue weighted by molar-refractivity contribution is 5.33. The summed E-state index contributed by atoms with van der Waals surface area (Å²) in [4.78, 5) is 0. The van der Waals surface area contributed by atoms with Crippen LogP contribution in [0.4, 0.5) is 0 Å². The van der Waals surface area contributed by atoms with E-state index in [2.05, 4.69) is 6.58 Å². The molecule has 2 heteroatoms. The Bertz CT molecular complexity index is 312. The van der Waals surface area contributed by atoms with Gasteiger partial charge >= 0.3 is 0 Å². The Morgan fingerprint density at radius 3 is 2.42 bits per heavy atom. The van der Waals surface area contributed by atoms with Crippen molar-refractivity contribution in [3.8, 4) is 6.07 Å². The van der Waals surface area contributed by atoms with Crippen LogP contribution >= 0.6 is 0 Å². The van der Waals surface area contributed by atoms with Gasteiger partial charge in [-0.05, 0) is 6.08 Å². The molecule has 0 aromatic heterocycles. The van der Waals surface area contributed by atoms with E-state index in [4.69, 9.17) is 5.26 Å². The van der Waals surface area contributed by atoms with E-state index in [0.717, 1.165) is 0 Å². The fourth-order valence-corrected chi connectivity index (χ4v) is 0.920. The normalized spacial score (nSPS) is 14.3. The Morgan fingerprint density at radius 1 is 1.42 bits per heavy atom. The van der Waals surface area contributed by atoms with Gasteiger partial charge in [-0.25, -0.2) is 0 Å². The SMILES string of the molecule is C=CC(O)(C#N)c1ccccc1. The minimum atomic E-state index is -1.55. The van der Waals surface area contributed by atoms with Crippen molar-refractivity contribution in [3.05, 3.63) is 48.6 Å². The Hall–Kier alpha value is -1.59. The molecule has 0 amide bonds. The molecule has 1 unspecified atom stereocenters. The summed E-state index contributed by atoms with van der Waals surface area (Å²) in [5, 5.41) is 18.3. The number of nitrogens with zero attached hydrogens (tertiary/aromatic N) is 1. The standard InChI is InChI=1S/C10H9NO/c1-2-10(12,8-11)9-6-4-3-5-7-9/h2-7,12H,1H2. The van der Waals surface area contributed by atoms with Crippen LogP contribution in [0.2, 0.25) is 0 Å². The van der Waals surface area contributed by atoms with Gasteiger partial charge in [-0.2, -0.15) is 5.26 Å². The van der Waals surface area contributed by atoms with Gasteiger partial charge in [-0.1, -0.05) is 36.9 Å². The maximum Gasteiger partial charge on any atom is 0.195 e. The van der Waals surface area contributed by atoms with Crippen molar-refractivity contribution >= 4 is 0 Å². The fourth-order valence-electron chi connectivity index (χ4n) is 0.920. The van der Waals surface area contributed by atoms with Crippen LogP contribution in [0.1, 0.15) is 5.56 Å². The lowest BCUT2D eigenvalue weighted by Crippen LogP contribution is -2.19. The summed E-state index contributed by atoms with van der Waals surface area (Å²) in [5.41, 5.74) is -1.01. The van der Waals surface area contributed by atoms with Gasteiger partial charge in [0.25, 0.3) is 0 Å². The second kappa shape index (κ2) is 3.21. The molecular formula is C10H9NO. The Labute approximate surface area is 71.4 Å². The Kier molecular flexibility index (Phi) is 2.27. The predicted octanol–water partition coefficient (Wildman–Crippen LogP) is 1.58. The van der Waals surface area contributed by atoms with E-state index < -0.39 is 5.60 Å². The molecule has 1 rings (SSSR count). The molecule has 0 aliphatic rings. The molecule has 0 aliphatic heterocycles. The topological polar surface area (TPSA) is 44.0 Å². The van der Waals surface area contributed by atoms with Crippen molar-refractivity contribution in [1.29, 1.82) is 5.26 Å². The summed E-state index contributed by atoms with van der Waals surface area (Å²) >= 11 is 0. The van der Waals surface area contributed by atoms with Crippen LogP contribution in [0.5, 0.6) is 0 Å². The van der Waals surface area contributed by atoms with E-state index in [0.29, 0.717) is 5.56 Å². The number of hydrogen-bond donors (Lipinski definition) is 1. The van der Waals surface area contributed by atoms with Gasteiger partial charge in [-0.3, -0.25) is 0 Å². The lowest BCUT2D eigenvalue weighted by Gasteiger charge is -2.14. The molecule has 1 N–H and O–H groups in total. The first kappa shape index (κ1) is 8.51. The van der Waals surface area contributed by atoms with E-state index >= 15 is 0 Å². The zero-order valence-corrected chi connectivity index (χ0v) is 6.57. The largest absolute Gasteiger partial charge is 0.368 e. The molecule has 60 valence electrons. The number of rotatable bonds is 2. The van der Waals surface area contributed by atoms with Crippen LogP contribution in [-0.4, -0.2) is 5.11 Å². The van der Waals surface area contributed by atoms with Crippen LogP contribution in [0.15, 0.2) is 43.0 Å². The van der Waals surface area contributed by atoms with Crippen molar-refractivity contribution in [3.63, 3.8) is 0 Å². The first-order chi connectivity index (χ1) is 5.73. The number of benzene rings is 1. The van der Waals surface area contributed by atoms with E-state index in [1.807, 2.05) is 6.07 Å². The summed E-state index contributed by atoms with van der Waals surface area (Å²) < 4.78 is 0. The third-order valence-corrected chi connectivity index (χ3v) is 1.68. The van der Waals surface area contributed by atoms with Crippen LogP contribution in [0.3, 0.4) is 0 Å². The average molecular weight is 159 g/mol. The van der Waals surface area contributed by atoms with Gasteiger partial charge in [0.15, 0.2) is 5.60 Å². The maximum atomic E-state index is 9.62. The first-order valence-electron chi connectivity index (χ1n) is 3.55. The van der Waals surface area contributed by atoms with E-state index in [1.165, 1.54) is 6.08 Å². The molecule has 1 aromatic carbocycles. The highest BCUT2D eigenvalue weighted by Crippen LogP contribution is 2.20. The van der Waals surface area contributed by atoms with Crippen molar-refractivity contribution in [1.82, 2.24) is 0 Å². The monoisotopic (exact) mass is 159 g/mol. The highest BCUT2D eigenvalue weighted by Gasteiger charge is 2.23. The second-order valence-corrected chi connectivity index (χ2v) is 2.45. The molecule has 1 aromatic rings. The molecule has 2 nitrogen and oxygen atoms in total. The van der Waals surface area contributed by atoms with Crippen LogP contribution in [0, 0.1) is 11.3 Å². The second-order valence-electron chi connectivity index (χ2n) is 2.45. The smallest absolute Gasteiger partial charge is 0.195 e. The summed E-state index contributed by atoms with van der Waals surface area (Å²) in [5.74, 6) is 0. The third kappa shape index (κ3) is 1.36. The van der Waals surface area contributed by atoms with Gasteiger partial charge in [0.2, 0.25) is 0 Å². The van der Waals surface area contributed by atoms with E-state index in [9.17, 15) is 5.11 Å². The number of hydrogen-bond acceptors (Lipinski definition) is 2. The van der Waals surface area contributed by atoms with Gasteiger partial charge < -0.3 is 5.11 Å². The summed E-state index contributed by atoms with van der Waals surface area (Å²) in [6.45, 7) is 3.41. The molecule has 0 radical (unpaired) electrons. The first-order valence-corrected chi connectivity index (χ1v) is 3.55. The zero-order valence-electron chi connectivity index (χ0n) is 6.57. The molecule has 0 aliphatic carbocycles.